The van der Waals surface area contributed by atoms with Crippen LogP contribution in [0.3, 0.4) is 0 Å². The van der Waals surface area contributed by atoms with Crippen molar-refractivity contribution in [2.75, 3.05) is 6.61 Å². The smallest absolute Gasteiger partial charge is 0.280 e. The van der Waals surface area contributed by atoms with E-state index in [1.165, 1.54) is 17.6 Å². The molecule has 1 aromatic heterocycles. The highest BCUT2D eigenvalue weighted by Crippen LogP contribution is 2.30. The molecule has 0 saturated carbocycles. The van der Waals surface area contributed by atoms with E-state index in [2.05, 4.69) is 47.5 Å². The summed E-state index contributed by atoms with van der Waals surface area (Å²) in [5.41, 5.74) is 3.45. The highest BCUT2D eigenvalue weighted by atomic mass is 79.9. The number of hydrogen-bond acceptors (Lipinski definition) is 6. The number of nitrogens with one attached hydrogen (secondary N) is 1. The molecule has 0 aliphatic heterocycles. The molecule has 6 nitrogen and oxygen atoms in total. The summed E-state index contributed by atoms with van der Waals surface area (Å²) in [5, 5.41) is 19.5. The van der Waals surface area contributed by atoms with Crippen molar-refractivity contribution >= 4 is 61.0 Å². The molecule has 0 saturated heterocycles. The molecule has 9 heteroatoms. The van der Waals surface area contributed by atoms with Gasteiger partial charge in [0.1, 0.15) is 5.75 Å². The normalized spacial score (nSPS) is 11.7. The molecule has 0 spiro atoms. The van der Waals surface area contributed by atoms with E-state index in [0.29, 0.717) is 15.7 Å². The minimum absolute atomic E-state index is 0.0311. The van der Waals surface area contributed by atoms with Gasteiger partial charge in [0.15, 0.2) is 6.61 Å². The number of carbonyl (C=O) groups excluding carboxylic acids is 1. The first-order valence-corrected chi connectivity index (χ1v) is 9.14. The summed E-state index contributed by atoms with van der Waals surface area (Å²) >= 11 is 8.07. The van der Waals surface area contributed by atoms with Gasteiger partial charge < -0.3 is 9.94 Å². The van der Waals surface area contributed by atoms with Crippen LogP contribution in [-0.2, 0) is 9.63 Å². The Hall–Kier alpha value is -1.71. The van der Waals surface area contributed by atoms with Crippen molar-refractivity contribution in [1.29, 1.82) is 0 Å². The van der Waals surface area contributed by atoms with Crippen LogP contribution < -0.4 is 5.43 Å². The van der Waals surface area contributed by atoms with E-state index in [1.54, 1.807) is 19.1 Å². The molecule has 126 valence electrons. The Morgan fingerprint density at radius 1 is 1.46 bits per heavy atom. The van der Waals surface area contributed by atoms with E-state index < -0.39 is 5.91 Å². The van der Waals surface area contributed by atoms with Gasteiger partial charge in [0.25, 0.3) is 5.91 Å². The number of hydrazone groups is 1. The molecule has 1 amide bonds. The van der Waals surface area contributed by atoms with E-state index in [0.717, 1.165) is 9.35 Å². The number of phenolic OH excluding ortho intramolecular Hbond substituents is 1. The van der Waals surface area contributed by atoms with Crippen LogP contribution in [0.4, 0.5) is 0 Å². The molecule has 2 N–H and O–H groups in total. The third kappa shape index (κ3) is 5.43. The number of benzene rings is 1. The van der Waals surface area contributed by atoms with Crippen molar-refractivity contribution in [3.63, 3.8) is 0 Å². The summed E-state index contributed by atoms with van der Waals surface area (Å²) in [6.07, 6.45) is 1.34. The molecule has 0 unspecified atom stereocenters. The van der Waals surface area contributed by atoms with Gasteiger partial charge in [-0.1, -0.05) is 27.2 Å². The van der Waals surface area contributed by atoms with Crippen molar-refractivity contribution in [3.05, 3.63) is 49.0 Å². The summed E-state index contributed by atoms with van der Waals surface area (Å²) in [6, 6.07) is 7.20. The molecule has 0 aliphatic rings. The number of phenols is 1. The largest absolute Gasteiger partial charge is 0.506 e. The van der Waals surface area contributed by atoms with E-state index in [4.69, 9.17) is 4.84 Å². The van der Waals surface area contributed by atoms with Gasteiger partial charge in [-0.05, 0) is 46.4 Å². The predicted octanol–water partition coefficient (Wildman–Crippen LogP) is 3.87. The second-order valence-electron chi connectivity index (χ2n) is 4.55. The zero-order chi connectivity index (χ0) is 17.5. The number of oxime groups is 1. The first-order chi connectivity index (χ1) is 11.5. The second-order valence-corrected chi connectivity index (χ2v) is 7.26. The van der Waals surface area contributed by atoms with Crippen LogP contribution >= 0.6 is 43.2 Å². The number of carbonyl (C=O) groups is 1. The fourth-order valence-corrected chi connectivity index (χ4v) is 3.53. The lowest BCUT2D eigenvalue weighted by molar-refractivity contribution is -0.125. The van der Waals surface area contributed by atoms with Crippen LogP contribution in [0.15, 0.2) is 48.8 Å². The third-order valence-electron chi connectivity index (χ3n) is 2.73. The number of nitrogens with zero attached hydrogens (tertiary/aromatic N) is 2. The fraction of sp³-hybridized carbons (Fsp3) is 0.133. The topological polar surface area (TPSA) is 83.3 Å². The Bertz CT molecular complexity index is 777. The van der Waals surface area contributed by atoms with Gasteiger partial charge in [-0.15, -0.1) is 11.3 Å². The Morgan fingerprint density at radius 2 is 2.25 bits per heavy atom. The standard InChI is InChI=1S/C15H13Br2N3O3S/c1-9(13-3-2-4-24-13)20-23-8-14(21)19-18-7-10-5-11(16)6-12(17)15(10)22/h2-7,22H,8H2,1H3,(H,19,21)/b18-7+,20-9?. The van der Waals surface area contributed by atoms with E-state index in [9.17, 15) is 9.90 Å². The van der Waals surface area contributed by atoms with Crippen LogP contribution in [0, 0.1) is 0 Å². The molecular formula is C15H13Br2N3O3S. The molecule has 0 radical (unpaired) electrons. The van der Waals surface area contributed by atoms with E-state index >= 15 is 0 Å². The average Bonchev–Trinajstić information content (AvgIpc) is 3.06. The summed E-state index contributed by atoms with van der Waals surface area (Å²) < 4.78 is 1.29. The lowest BCUT2D eigenvalue weighted by atomic mass is 10.2. The van der Waals surface area contributed by atoms with Gasteiger partial charge in [0.05, 0.1) is 21.3 Å². The number of aromatic hydroxyl groups is 1. The highest BCUT2D eigenvalue weighted by Gasteiger charge is 2.06. The third-order valence-corrected chi connectivity index (χ3v) is 4.77. The van der Waals surface area contributed by atoms with E-state index in [-0.39, 0.29) is 12.4 Å². The maximum atomic E-state index is 11.6. The second kappa shape index (κ2) is 8.95. The van der Waals surface area contributed by atoms with Gasteiger partial charge in [-0.2, -0.15) is 5.10 Å². The van der Waals surface area contributed by atoms with Crippen molar-refractivity contribution in [1.82, 2.24) is 5.43 Å². The summed E-state index contributed by atoms with van der Waals surface area (Å²) in [6.45, 7) is 1.55. The molecule has 2 rings (SSSR count). The lowest BCUT2D eigenvalue weighted by Gasteiger charge is -2.03. The quantitative estimate of drug-likeness (QED) is 0.492. The molecule has 0 atom stereocenters. The zero-order valence-electron chi connectivity index (χ0n) is 12.5. The number of amides is 1. The van der Waals surface area contributed by atoms with Crippen molar-refractivity contribution in [2.24, 2.45) is 10.3 Å². The molecule has 0 fully saturated rings. The molecule has 1 heterocycles. The maximum Gasteiger partial charge on any atom is 0.280 e. The molecule has 1 aromatic carbocycles. The van der Waals surface area contributed by atoms with Crippen LogP contribution in [0.25, 0.3) is 0 Å². The van der Waals surface area contributed by atoms with Crippen molar-refractivity contribution < 1.29 is 14.7 Å². The van der Waals surface area contributed by atoms with Crippen molar-refractivity contribution in [3.8, 4) is 5.75 Å². The fourth-order valence-electron chi connectivity index (χ4n) is 1.61. The minimum Gasteiger partial charge on any atom is -0.506 e. The Labute approximate surface area is 159 Å². The Kier molecular flexibility index (Phi) is 6.95. The SMILES string of the molecule is CC(=NOCC(=O)N/N=C/c1cc(Br)cc(Br)c1O)c1cccs1. The summed E-state index contributed by atoms with van der Waals surface area (Å²) in [5.74, 6) is -0.425. The van der Waals surface area contributed by atoms with Gasteiger partial charge in [-0.3, -0.25) is 4.79 Å². The maximum absolute atomic E-state index is 11.6. The molecular weight excluding hydrogens is 462 g/mol. The van der Waals surface area contributed by atoms with Crippen molar-refractivity contribution in [2.45, 2.75) is 6.92 Å². The van der Waals surface area contributed by atoms with Gasteiger partial charge in [-0.25, -0.2) is 5.43 Å². The molecule has 24 heavy (non-hydrogen) atoms. The molecule has 0 aliphatic carbocycles. The average molecular weight is 475 g/mol. The van der Waals surface area contributed by atoms with E-state index in [1.807, 2.05) is 17.5 Å². The van der Waals surface area contributed by atoms with Crippen LogP contribution in [-0.4, -0.2) is 29.5 Å². The van der Waals surface area contributed by atoms with Crippen LogP contribution in [0.1, 0.15) is 17.4 Å². The Morgan fingerprint density at radius 3 is 2.96 bits per heavy atom. The van der Waals surface area contributed by atoms with Crippen LogP contribution in [0.5, 0.6) is 5.75 Å². The number of thiophene rings is 1. The summed E-state index contributed by atoms with van der Waals surface area (Å²) in [4.78, 5) is 17.6. The lowest BCUT2D eigenvalue weighted by Crippen LogP contribution is -2.22. The number of hydrogen-bond donors (Lipinski definition) is 2. The highest BCUT2D eigenvalue weighted by molar-refractivity contribution is 9.11. The zero-order valence-corrected chi connectivity index (χ0v) is 16.5. The molecule has 0 bridgehead atoms. The van der Waals surface area contributed by atoms with Crippen LogP contribution in [0.2, 0.25) is 0 Å². The summed E-state index contributed by atoms with van der Waals surface area (Å²) in [7, 11) is 0. The first kappa shape index (κ1) is 18.6. The first-order valence-electron chi connectivity index (χ1n) is 6.67. The van der Waals surface area contributed by atoms with Gasteiger partial charge >= 0.3 is 0 Å². The van der Waals surface area contributed by atoms with Gasteiger partial charge in [0, 0.05) is 10.0 Å². The predicted molar refractivity (Wildman–Crippen MR) is 102 cm³/mol. The Balaban J connectivity index is 1.84. The minimum atomic E-state index is -0.456. The van der Waals surface area contributed by atoms with Gasteiger partial charge in [0.2, 0.25) is 0 Å². The molecule has 2 aromatic rings. The number of halogens is 2. The number of rotatable bonds is 6. The monoisotopic (exact) mass is 473 g/mol.